The minimum Gasteiger partial charge on any atom is -0.390 e. The van der Waals surface area contributed by atoms with Gasteiger partial charge in [0.25, 0.3) is 0 Å². The van der Waals surface area contributed by atoms with Gasteiger partial charge in [0.2, 0.25) is 10.0 Å². The number of nitrogens with two attached hydrogens (primary N) is 1. The van der Waals surface area contributed by atoms with Crippen LogP contribution >= 0.6 is 0 Å². The molecule has 0 spiro atoms. The van der Waals surface area contributed by atoms with Gasteiger partial charge < -0.3 is 10.8 Å². The summed E-state index contributed by atoms with van der Waals surface area (Å²) in [6, 6.07) is 0. The van der Waals surface area contributed by atoms with Gasteiger partial charge in [-0.05, 0) is 19.3 Å². The molecule has 2 fully saturated rings. The smallest absolute Gasteiger partial charge is 0.248 e. The summed E-state index contributed by atoms with van der Waals surface area (Å²) in [4.78, 5) is 0.0266. The molecule has 0 radical (unpaired) electrons. The Morgan fingerprint density at radius 2 is 2.25 bits per heavy atom. The van der Waals surface area contributed by atoms with Crippen molar-refractivity contribution in [1.29, 1.82) is 0 Å². The molecule has 2 heterocycles. The van der Waals surface area contributed by atoms with E-state index in [1.165, 1.54) is 10.5 Å². The van der Waals surface area contributed by atoms with E-state index in [2.05, 4.69) is 10.2 Å². The molecule has 2 atom stereocenters. The zero-order valence-corrected chi connectivity index (χ0v) is 12.1. The molecule has 1 aromatic heterocycles. The molecule has 8 heteroatoms. The number of H-pyrrole nitrogens is 1. The van der Waals surface area contributed by atoms with E-state index in [1.807, 2.05) is 0 Å². The first-order chi connectivity index (χ1) is 9.43. The second kappa shape index (κ2) is 4.71. The lowest BCUT2D eigenvalue weighted by atomic mass is 9.72. The second-order valence-electron chi connectivity index (χ2n) is 5.81. The molecule has 0 aromatic carbocycles. The lowest BCUT2D eigenvalue weighted by Gasteiger charge is -2.46. The van der Waals surface area contributed by atoms with Gasteiger partial charge in [-0.3, -0.25) is 5.10 Å². The molecule has 2 unspecified atom stereocenters. The highest BCUT2D eigenvalue weighted by Gasteiger charge is 2.45. The minimum atomic E-state index is -3.62. The summed E-state index contributed by atoms with van der Waals surface area (Å²) >= 11 is 0. The van der Waals surface area contributed by atoms with Gasteiger partial charge in [-0.15, -0.1) is 0 Å². The maximum atomic E-state index is 12.6. The van der Waals surface area contributed by atoms with Gasteiger partial charge >= 0.3 is 0 Å². The molecule has 1 aliphatic carbocycles. The van der Waals surface area contributed by atoms with Crippen LogP contribution in [-0.2, 0) is 10.0 Å². The number of aromatic nitrogens is 2. The standard InChI is InChI=1S/C12H20N4O3S/c13-11-10(7-14-15-11)20(18,19)16-6-5-12(17)4-2-1-3-9(12)8-16/h7,9,17H,1-6,8H2,(H3,13,14,15). The number of fused-ring (bicyclic) bond motifs is 1. The SMILES string of the molecule is Nc1[nH]ncc1S(=O)(=O)N1CCC2(O)CCCCC2C1. The summed E-state index contributed by atoms with van der Waals surface area (Å²) in [5, 5.41) is 16.7. The largest absolute Gasteiger partial charge is 0.390 e. The topological polar surface area (TPSA) is 112 Å². The third-order valence-electron chi connectivity index (χ3n) is 4.64. The van der Waals surface area contributed by atoms with Crippen LogP contribution in [0.25, 0.3) is 0 Å². The number of anilines is 1. The lowest BCUT2D eigenvalue weighted by molar-refractivity contribution is -0.0816. The number of nitrogens with zero attached hydrogens (tertiary/aromatic N) is 2. The van der Waals surface area contributed by atoms with E-state index in [1.54, 1.807) is 0 Å². The number of aromatic amines is 1. The zero-order valence-electron chi connectivity index (χ0n) is 11.2. The van der Waals surface area contributed by atoms with Crippen molar-refractivity contribution in [1.82, 2.24) is 14.5 Å². The van der Waals surface area contributed by atoms with E-state index in [4.69, 9.17) is 5.73 Å². The van der Waals surface area contributed by atoms with Gasteiger partial charge in [-0.25, -0.2) is 8.42 Å². The quantitative estimate of drug-likeness (QED) is 0.727. The van der Waals surface area contributed by atoms with Crippen LogP contribution in [0.4, 0.5) is 5.82 Å². The average Bonchev–Trinajstić information content (AvgIpc) is 2.84. The van der Waals surface area contributed by atoms with Crippen molar-refractivity contribution in [3.05, 3.63) is 6.20 Å². The van der Waals surface area contributed by atoms with Crippen molar-refractivity contribution in [2.45, 2.75) is 42.6 Å². The first-order valence-corrected chi connectivity index (χ1v) is 8.39. The summed E-state index contributed by atoms with van der Waals surface area (Å²) in [5.41, 5.74) is 4.93. The van der Waals surface area contributed by atoms with E-state index in [0.29, 0.717) is 19.5 Å². The third kappa shape index (κ3) is 2.11. The highest BCUT2D eigenvalue weighted by atomic mass is 32.2. The van der Waals surface area contributed by atoms with Crippen molar-refractivity contribution < 1.29 is 13.5 Å². The summed E-state index contributed by atoms with van der Waals surface area (Å²) < 4.78 is 26.5. The molecule has 1 aliphatic heterocycles. The Bertz CT molecular complexity index is 600. The number of nitrogens with one attached hydrogen (secondary N) is 1. The van der Waals surface area contributed by atoms with Crippen molar-refractivity contribution in [2.24, 2.45) is 5.92 Å². The number of hydrogen-bond donors (Lipinski definition) is 3. The maximum absolute atomic E-state index is 12.6. The molecule has 0 bridgehead atoms. The molecule has 3 rings (SSSR count). The van der Waals surface area contributed by atoms with Crippen LogP contribution in [-0.4, -0.2) is 46.7 Å². The van der Waals surface area contributed by atoms with E-state index in [9.17, 15) is 13.5 Å². The average molecular weight is 300 g/mol. The number of piperidine rings is 1. The number of hydrogen-bond acceptors (Lipinski definition) is 5. The Kier molecular flexibility index (Phi) is 3.26. The van der Waals surface area contributed by atoms with E-state index in [0.717, 1.165) is 25.7 Å². The van der Waals surface area contributed by atoms with Gasteiger partial charge in [-0.2, -0.15) is 9.40 Å². The summed E-state index contributed by atoms with van der Waals surface area (Å²) in [6.45, 7) is 0.698. The summed E-state index contributed by atoms with van der Waals surface area (Å²) in [6.07, 6.45) is 5.47. The molecule has 20 heavy (non-hydrogen) atoms. The molecule has 112 valence electrons. The van der Waals surface area contributed by atoms with Crippen LogP contribution < -0.4 is 5.73 Å². The summed E-state index contributed by atoms with van der Waals surface area (Å²) in [7, 11) is -3.62. The summed E-state index contributed by atoms with van der Waals surface area (Å²) in [5.74, 6) is 0.0855. The Hall–Kier alpha value is -1.12. The Morgan fingerprint density at radius 3 is 2.95 bits per heavy atom. The van der Waals surface area contributed by atoms with E-state index < -0.39 is 15.6 Å². The normalized spacial score (nSPS) is 31.9. The van der Waals surface area contributed by atoms with Crippen molar-refractivity contribution in [2.75, 3.05) is 18.8 Å². The second-order valence-corrected chi connectivity index (χ2v) is 7.71. The fourth-order valence-electron chi connectivity index (χ4n) is 3.39. The molecule has 1 aromatic rings. The highest BCUT2D eigenvalue weighted by Crippen LogP contribution is 2.41. The van der Waals surface area contributed by atoms with Crippen molar-refractivity contribution in [3.63, 3.8) is 0 Å². The Balaban J connectivity index is 1.84. The van der Waals surface area contributed by atoms with Crippen molar-refractivity contribution in [3.8, 4) is 0 Å². The first-order valence-electron chi connectivity index (χ1n) is 6.95. The fraction of sp³-hybridized carbons (Fsp3) is 0.750. The lowest BCUT2D eigenvalue weighted by Crippen LogP contribution is -2.54. The maximum Gasteiger partial charge on any atom is 0.248 e. The molecular formula is C12H20N4O3S. The minimum absolute atomic E-state index is 0.0212. The zero-order chi connectivity index (χ0) is 14.4. The predicted molar refractivity (Wildman–Crippen MR) is 73.3 cm³/mol. The number of aliphatic hydroxyl groups is 1. The molecule has 0 amide bonds. The van der Waals surface area contributed by atoms with Crippen LogP contribution in [0.2, 0.25) is 0 Å². The van der Waals surface area contributed by atoms with Gasteiger partial charge in [0.15, 0.2) is 0 Å². The molecule has 1 saturated carbocycles. The van der Waals surface area contributed by atoms with Crippen LogP contribution in [0.3, 0.4) is 0 Å². The molecular weight excluding hydrogens is 280 g/mol. The number of sulfonamides is 1. The van der Waals surface area contributed by atoms with E-state index >= 15 is 0 Å². The Labute approximate surface area is 118 Å². The monoisotopic (exact) mass is 300 g/mol. The van der Waals surface area contributed by atoms with Crippen LogP contribution in [0, 0.1) is 5.92 Å². The molecule has 1 saturated heterocycles. The number of rotatable bonds is 2. The predicted octanol–water partition coefficient (Wildman–Crippen LogP) is 0.308. The van der Waals surface area contributed by atoms with Crippen LogP contribution in [0.1, 0.15) is 32.1 Å². The number of nitrogen functional groups attached to an aromatic ring is 1. The fourth-order valence-corrected chi connectivity index (χ4v) is 4.88. The van der Waals surface area contributed by atoms with Crippen LogP contribution in [0.5, 0.6) is 0 Å². The highest BCUT2D eigenvalue weighted by molar-refractivity contribution is 7.89. The molecule has 4 N–H and O–H groups in total. The Morgan fingerprint density at radius 1 is 1.45 bits per heavy atom. The van der Waals surface area contributed by atoms with Gasteiger partial charge in [0.1, 0.15) is 10.7 Å². The molecule has 2 aliphatic rings. The van der Waals surface area contributed by atoms with Gasteiger partial charge in [-0.1, -0.05) is 12.8 Å². The molecule has 7 nitrogen and oxygen atoms in total. The van der Waals surface area contributed by atoms with Gasteiger partial charge in [0.05, 0.1) is 11.8 Å². The van der Waals surface area contributed by atoms with E-state index in [-0.39, 0.29) is 16.6 Å². The van der Waals surface area contributed by atoms with Crippen LogP contribution in [0.15, 0.2) is 11.1 Å². The van der Waals surface area contributed by atoms with Crippen molar-refractivity contribution >= 4 is 15.8 Å². The first kappa shape index (κ1) is 13.8. The third-order valence-corrected chi connectivity index (χ3v) is 6.53. The van der Waals surface area contributed by atoms with Gasteiger partial charge in [0, 0.05) is 19.0 Å².